The molecule has 0 aliphatic carbocycles. The molecule has 1 aromatic rings. The molecule has 1 saturated heterocycles. The second kappa shape index (κ2) is 5.96. The van der Waals surface area contributed by atoms with Crippen LogP contribution in [0.15, 0.2) is 24.3 Å². The third kappa shape index (κ3) is 2.93. The molecule has 1 heterocycles. The molecule has 20 heavy (non-hydrogen) atoms. The average molecular weight is 295 g/mol. The van der Waals surface area contributed by atoms with Gasteiger partial charge in [-0.2, -0.15) is 0 Å². The molecule has 1 N–H and O–H groups in total. The Morgan fingerprint density at radius 2 is 2.25 bits per heavy atom. The van der Waals surface area contributed by atoms with Crippen molar-refractivity contribution in [3.63, 3.8) is 0 Å². The normalized spacial score (nSPS) is 18.4. The lowest BCUT2D eigenvalue weighted by atomic mass is 10.3. The average Bonchev–Trinajstić information content (AvgIpc) is 2.71. The van der Waals surface area contributed by atoms with E-state index in [0.29, 0.717) is 11.4 Å². The molecule has 0 aromatic heterocycles. The first-order chi connectivity index (χ1) is 9.52. The molecule has 1 aliphatic heterocycles. The Kier molecular flexibility index (Phi) is 4.29. The summed E-state index contributed by atoms with van der Waals surface area (Å²) in [6.45, 7) is 0. The van der Waals surface area contributed by atoms with E-state index in [2.05, 4.69) is 0 Å². The van der Waals surface area contributed by atoms with Crippen molar-refractivity contribution >= 4 is 35.2 Å². The van der Waals surface area contributed by atoms with Crippen molar-refractivity contribution in [1.29, 1.82) is 0 Å². The van der Waals surface area contributed by atoms with Crippen LogP contribution in [-0.4, -0.2) is 41.0 Å². The molecule has 0 bridgehead atoms. The zero-order chi connectivity index (χ0) is 14.7. The lowest BCUT2D eigenvalue weighted by molar-refractivity contribution is -0.134. The Bertz CT molecular complexity index is 559. The number of nitrogens with zero attached hydrogens (tertiary/aromatic N) is 1. The molecule has 6 nitrogen and oxygen atoms in total. The van der Waals surface area contributed by atoms with E-state index in [0.717, 1.165) is 16.7 Å². The van der Waals surface area contributed by atoms with Gasteiger partial charge in [0.25, 0.3) is 0 Å². The number of thioether (sulfide) groups is 1. The number of ether oxygens (including phenoxy) is 1. The van der Waals surface area contributed by atoms with Gasteiger partial charge < -0.3 is 9.84 Å². The van der Waals surface area contributed by atoms with Gasteiger partial charge in [-0.3, -0.25) is 14.4 Å². The smallest absolute Gasteiger partial charge is 0.313 e. The Morgan fingerprint density at radius 3 is 2.90 bits per heavy atom. The number of aliphatic carboxylic acids is 1. The lowest BCUT2D eigenvalue weighted by Gasteiger charge is -2.15. The summed E-state index contributed by atoms with van der Waals surface area (Å²) >= 11 is 0.970. The Balaban J connectivity index is 2.17. The Morgan fingerprint density at radius 1 is 1.50 bits per heavy atom. The highest BCUT2D eigenvalue weighted by atomic mass is 32.2. The quantitative estimate of drug-likeness (QED) is 0.820. The molecule has 0 saturated carbocycles. The van der Waals surface area contributed by atoms with Crippen LogP contribution in [0, 0.1) is 0 Å². The van der Waals surface area contributed by atoms with Gasteiger partial charge >= 0.3 is 5.97 Å². The van der Waals surface area contributed by atoms with Crippen molar-refractivity contribution in [3.8, 4) is 5.75 Å². The highest BCUT2D eigenvalue weighted by Gasteiger charge is 2.40. The summed E-state index contributed by atoms with van der Waals surface area (Å²) < 4.78 is 5.06. The van der Waals surface area contributed by atoms with E-state index >= 15 is 0 Å². The molecule has 1 aliphatic rings. The summed E-state index contributed by atoms with van der Waals surface area (Å²) in [6, 6.07) is 6.64. The first kappa shape index (κ1) is 14.4. The zero-order valence-electron chi connectivity index (χ0n) is 10.7. The third-order valence-corrected chi connectivity index (χ3v) is 4.01. The van der Waals surface area contributed by atoms with Gasteiger partial charge in [0.15, 0.2) is 0 Å². The summed E-state index contributed by atoms with van der Waals surface area (Å²) in [5, 5.41) is 8.00. The fraction of sp³-hybridized carbons (Fsp3) is 0.308. The van der Waals surface area contributed by atoms with Crippen molar-refractivity contribution < 1.29 is 24.2 Å². The standard InChI is InChI=1S/C13H13NO5S/c1-19-9-4-2-3-8(5-9)14-11(15)6-10(13(14)18)20-7-12(16)17/h2-5,10H,6-7H2,1H3,(H,16,17)/t10-/m1/s1. The lowest BCUT2D eigenvalue weighted by Crippen LogP contribution is -2.31. The van der Waals surface area contributed by atoms with Crippen LogP contribution in [0.25, 0.3) is 0 Å². The summed E-state index contributed by atoms with van der Waals surface area (Å²) in [7, 11) is 1.50. The molecule has 2 amide bonds. The van der Waals surface area contributed by atoms with E-state index in [1.165, 1.54) is 7.11 Å². The number of carbonyl (C=O) groups excluding carboxylic acids is 2. The maximum atomic E-state index is 12.2. The van der Waals surface area contributed by atoms with Crippen LogP contribution in [0.3, 0.4) is 0 Å². The van der Waals surface area contributed by atoms with Gasteiger partial charge in [-0.15, -0.1) is 11.8 Å². The first-order valence-electron chi connectivity index (χ1n) is 5.87. The number of anilines is 1. The van der Waals surface area contributed by atoms with Gasteiger partial charge in [0.1, 0.15) is 5.75 Å². The van der Waals surface area contributed by atoms with Gasteiger partial charge in [-0.25, -0.2) is 4.90 Å². The number of hydrogen-bond donors (Lipinski definition) is 1. The molecule has 7 heteroatoms. The van der Waals surface area contributed by atoms with Crippen LogP contribution in [-0.2, 0) is 14.4 Å². The number of amides is 2. The predicted octanol–water partition coefficient (Wildman–Crippen LogP) is 1.14. The van der Waals surface area contributed by atoms with E-state index in [9.17, 15) is 14.4 Å². The minimum atomic E-state index is -1.00. The van der Waals surface area contributed by atoms with Crippen LogP contribution in [0.2, 0.25) is 0 Å². The number of imide groups is 1. The summed E-state index contributed by atoms with van der Waals surface area (Å²) in [6.07, 6.45) is 0.0218. The van der Waals surface area contributed by atoms with E-state index in [4.69, 9.17) is 9.84 Å². The topological polar surface area (TPSA) is 83.9 Å². The highest BCUT2D eigenvalue weighted by Crippen LogP contribution is 2.31. The molecular formula is C13H13NO5S. The second-order valence-corrected chi connectivity index (χ2v) is 5.36. The summed E-state index contributed by atoms with van der Waals surface area (Å²) in [5.74, 6) is -1.37. The van der Waals surface area contributed by atoms with Crippen LogP contribution in [0.4, 0.5) is 5.69 Å². The van der Waals surface area contributed by atoms with Gasteiger partial charge in [0.05, 0.1) is 23.8 Å². The molecule has 0 radical (unpaired) electrons. The second-order valence-electron chi connectivity index (χ2n) is 4.17. The maximum absolute atomic E-state index is 12.2. The number of benzene rings is 1. The van der Waals surface area contributed by atoms with Gasteiger partial charge in [-0.05, 0) is 12.1 Å². The number of hydrogen-bond acceptors (Lipinski definition) is 5. The van der Waals surface area contributed by atoms with E-state index in [1.54, 1.807) is 24.3 Å². The van der Waals surface area contributed by atoms with Crippen LogP contribution in [0.1, 0.15) is 6.42 Å². The molecule has 2 rings (SSSR count). The predicted molar refractivity (Wildman–Crippen MR) is 74.0 cm³/mol. The Labute approximate surface area is 119 Å². The molecule has 1 aromatic carbocycles. The van der Waals surface area contributed by atoms with Crippen molar-refractivity contribution in [2.24, 2.45) is 0 Å². The number of carboxylic acid groups (broad SMARTS) is 1. The molecule has 106 valence electrons. The number of carboxylic acids is 1. The third-order valence-electron chi connectivity index (χ3n) is 2.82. The van der Waals surface area contributed by atoms with Gasteiger partial charge in [-0.1, -0.05) is 6.07 Å². The monoisotopic (exact) mass is 295 g/mol. The molecule has 0 spiro atoms. The van der Waals surface area contributed by atoms with Crippen molar-refractivity contribution in [2.75, 3.05) is 17.8 Å². The number of rotatable bonds is 5. The van der Waals surface area contributed by atoms with E-state index in [1.807, 2.05) is 0 Å². The highest BCUT2D eigenvalue weighted by molar-refractivity contribution is 8.01. The minimum absolute atomic E-state index is 0.0218. The summed E-state index contributed by atoms with van der Waals surface area (Å²) in [5.41, 5.74) is 0.442. The van der Waals surface area contributed by atoms with E-state index in [-0.39, 0.29) is 24.0 Å². The fourth-order valence-electron chi connectivity index (χ4n) is 1.93. The minimum Gasteiger partial charge on any atom is -0.497 e. The number of carbonyl (C=O) groups is 3. The first-order valence-corrected chi connectivity index (χ1v) is 6.92. The van der Waals surface area contributed by atoms with Crippen molar-refractivity contribution in [3.05, 3.63) is 24.3 Å². The Hall–Kier alpha value is -2.02. The molecule has 0 unspecified atom stereocenters. The van der Waals surface area contributed by atoms with Crippen molar-refractivity contribution in [1.82, 2.24) is 0 Å². The largest absolute Gasteiger partial charge is 0.497 e. The molecule has 1 atom stereocenters. The SMILES string of the molecule is COc1cccc(N2C(=O)C[C@@H](SCC(=O)O)C2=O)c1. The zero-order valence-corrected chi connectivity index (χ0v) is 11.6. The van der Waals surface area contributed by atoms with Crippen LogP contribution in [0.5, 0.6) is 5.75 Å². The molecular weight excluding hydrogens is 282 g/mol. The maximum Gasteiger partial charge on any atom is 0.313 e. The van der Waals surface area contributed by atoms with Gasteiger partial charge in [0, 0.05) is 12.5 Å². The van der Waals surface area contributed by atoms with Crippen molar-refractivity contribution in [2.45, 2.75) is 11.7 Å². The molecule has 1 fully saturated rings. The van der Waals surface area contributed by atoms with E-state index < -0.39 is 11.2 Å². The van der Waals surface area contributed by atoms with Crippen LogP contribution < -0.4 is 9.64 Å². The fourth-order valence-corrected chi connectivity index (χ4v) is 2.78. The van der Waals surface area contributed by atoms with Gasteiger partial charge in [0.2, 0.25) is 11.8 Å². The van der Waals surface area contributed by atoms with Crippen LogP contribution >= 0.6 is 11.8 Å². The number of methoxy groups -OCH3 is 1. The summed E-state index contributed by atoms with van der Waals surface area (Å²) in [4.78, 5) is 35.7.